The van der Waals surface area contributed by atoms with Crippen molar-refractivity contribution in [2.45, 2.75) is 6.92 Å². The van der Waals surface area contributed by atoms with Crippen molar-refractivity contribution in [1.82, 2.24) is 19.9 Å². The lowest BCUT2D eigenvalue weighted by molar-refractivity contribution is 0.622. The van der Waals surface area contributed by atoms with Crippen LogP contribution in [0.3, 0.4) is 0 Å². The highest BCUT2D eigenvalue weighted by Crippen LogP contribution is 2.38. The van der Waals surface area contributed by atoms with Crippen molar-refractivity contribution >= 4 is 32.8 Å². The highest BCUT2D eigenvalue weighted by Gasteiger charge is 2.17. The summed E-state index contributed by atoms with van der Waals surface area (Å²) in [5.41, 5.74) is 4.08. The minimum Gasteiger partial charge on any atom is -0.261 e. The van der Waals surface area contributed by atoms with Gasteiger partial charge in [0.05, 0.1) is 32.9 Å². The Bertz CT molecular complexity index is 1290. The molecule has 4 nitrogen and oxygen atoms in total. The molecule has 0 saturated carbocycles. The van der Waals surface area contributed by atoms with E-state index in [9.17, 15) is 4.39 Å². The Morgan fingerprint density at radius 3 is 2.75 bits per heavy atom. The molecule has 7 heteroatoms. The van der Waals surface area contributed by atoms with Gasteiger partial charge < -0.3 is 0 Å². The van der Waals surface area contributed by atoms with Gasteiger partial charge in [-0.05, 0) is 48.0 Å². The zero-order chi connectivity index (χ0) is 19.1. The van der Waals surface area contributed by atoms with Crippen LogP contribution >= 0.6 is 22.7 Å². The van der Waals surface area contributed by atoms with Gasteiger partial charge in [-0.2, -0.15) is 0 Å². The van der Waals surface area contributed by atoms with Gasteiger partial charge >= 0.3 is 0 Å². The van der Waals surface area contributed by atoms with Crippen molar-refractivity contribution in [3.63, 3.8) is 0 Å². The molecule has 28 heavy (non-hydrogen) atoms. The number of hydrogen-bond donors (Lipinski definition) is 0. The van der Waals surface area contributed by atoms with Gasteiger partial charge in [-0.15, -0.1) is 22.7 Å². The van der Waals surface area contributed by atoms with Gasteiger partial charge in [0.15, 0.2) is 0 Å². The molecular weight excluding hydrogens is 391 g/mol. The second kappa shape index (κ2) is 6.85. The normalized spacial score (nSPS) is 11.2. The zero-order valence-corrected chi connectivity index (χ0v) is 16.4. The maximum absolute atomic E-state index is 13.6. The van der Waals surface area contributed by atoms with Crippen LogP contribution in [0.15, 0.2) is 60.4 Å². The molecule has 0 spiro atoms. The summed E-state index contributed by atoms with van der Waals surface area (Å²) in [6, 6.07) is 11.4. The smallest absolute Gasteiger partial charge is 0.142 e. The number of thiophene rings is 1. The fourth-order valence-corrected chi connectivity index (χ4v) is 4.94. The van der Waals surface area contributed by atoms with Crippen LogP contribution in [0, 0.1) is 12.7 Å². The highest BCUT2D eigenvalue weighted by molar-refractivity contribution is 7.18. The number of aryl methyl sites for hydroxylation is 1. The van der Waals surface area contributed by atoms with Gasteiger partial charge in [0.1, 0.15) is 16.5 Å². The molecule has 0 amide bonds. The average molecular weight is 404 g/mol. The number of hydrogen-bond acceptors (Lipinski definition) is 6. The fourth-order valence-electron chi connectivity index (χ4n) is 3.06. The van der Waals surface area contributed by atoms with Crippen LogP contribution in [-0.2, 0) is 0 Å². The van der Waals surface area contributed by atoms with E-state index in [-0.39, 0.29) is 5.82 Å². The molecule has 5 aromatic heterocycles. The van der Waals surface area contributed by atoms with Gasteiger partial charge in [0, 0.05) is 18.0 Å². The summed E-state index contributed by atoms with van der Waals surface area (Å²) in [7, 11) is 0. The number of pyridine rings is 3. The van der Waals surface area contributed by atoms with E-state index in [0.29, 0.717) is 5.56 Å². The molecule has 0 fully saturated rings. The summed E-state index contributed by atoms with van der Waals surface area (Å²) in [5.74, 6) is -0.373. The van der Waals surface area contributed by atoms with E-state index in [2.05, 4.69) is 32.5 Å². The minimum absolute atomic E-state index is 0.373. The molecule has 5 heterocycles. The minimum atomic E-state index is -0.373. The molecule has 0 aliphatic rings. The molecule has 0 radical (unpaired) electrons. The largest absolute Gasteiger partial charge is 0.261 e. The molecule has 0 atom stereocenters. The van der Waals surface area contributed by atoms with Crippen LogP contribution in [0.4, 0.5) is 4.39 Å². The van der Waals surface area contributed by atoms with E-state index < -0.39 is 0 Å². The third kappa shape index (κ3) is 2.98. The number of aromatic nitrogens is 4. The number of fused-ring (bicyclic) bond motifs is 1. The summed E-state index contributed by atoms with van der Waals surface area (Å²) >= 11 is 3.15. The first-order valence-electron chi connectivity index (χ1n) is 8.57. The van der Waals surface area contributed by atoms with Crippen molar-refractivity contribution in [3.8, 4) is 32.5 Å². The van der Waals surface area contributed by atoms with Crippen molar-refractivity contribution < 1.29 is 4.39 Å². The van der Waals surface area contributed by atoms with Gasteiger partial charge in [-0.25, -0.2) is 14.4 Å². The van der Waals surface area contributed by atoms with Crippen molar-refractivity contribution in [2.75, 3.05) is 0 Å². The molecule has 5 aromatic rings. The molecule has 136 valence electrons. The molecule has 0 N–H and O–H groups in total. The quantitative estimate of drug-likeness (QED) is 0.370. The van der Waals surface area contributed by atoms with E-state index in [4.69, 9.17) is 4.98 Å². The first-order chi connectivity index (χ1) is 13.7. The van der Waals surface area contributed by atoms with Crippen LogP contribution in [-0.4, -0.2) is 19.9 Å². The molecule has 0 bridgehead atoms. The summed E-state index contributed by atoms with van der Waals surface area (Å²) in [5, 5.41) is 3.91. The van der Waals surface area contributed by atoms with Crippen molar-refractivity contribution in [1.29, 1.82) is 0 Å². The summed E-state index contributed by atoms with van der Waals surface area (Å²) in [6.45, 7) is 1.95. The molecule has 0 aromatic carbocycles. The molecule has 0 aliphatic carbocycles. The maximum Gasteiger partial charge on any atom is 0.142 e. The van der Waals surface area contributed by atoms with Crippen LogP contribution in [0.1, 0.15) is 5.69 Å². The lowest BCUT2D eigenvalue weighted by Crippen LogP contribution is -1.90. The second-order valence-electron chi connectivity index (χ2n) is 6.24. The van der Waals surface area contributed by atoms with Crippen LogP contribution < -0.4 is 0 Å². The monoisotopic (exact) mass is 404 g/mol. The summed E-state index contributed by atoms with van der Waals surface area (Å²) in [6.07, 6.45) is 4.59. The van der Waals surface area contributed by atoms with Gasteiger partial charge in [-0.1, -0.05) is 6.07 Å². The van der Waals surface area contributed by atoms with Crippen LogP contribution in [0.2, 0.25) is 0 Å². The zero-order valence-electron chi connectivity index (χ0n) is 14.8. The first kappa shape index (κ1) is 17.1. The number of halogens is 1. The molecule has 0 saturated heterocycles. The summed E-state index contributed by atoms with van der Waals surface area (Å²) < 4.78 is 14.7. The van der Waals surface area contributed by atoms with E-state index >= 15 is 0 Å². The number of thiazole rings is 1. The van der Waals surface area contributed by atoms with Gasteiger partial charge in [0.25, 0.3) is 0 Å². The number of rotatable bonds is 3. The van der Waals surface area contributed by atoms with E-state index in [1.54, 1.807) is 23.7 Å². The lowest BCUT2D eigenvalue weighted by Gasteiger charge is -2.06. The Morgan fingerprint density at radius 1 is 1.00 bits per heavy atom. The maximum atomic E-state index is 13.6. The van der Waals surface area contributed by atoms with E-state index in [1.165, 1.54) is 23.6 Å². The second-order valence-corrected chi connectivity index (χ2v) is 8.15. The average Bonchev–Trinajstić information content (AvgIpc) is 3.34. The predicted molar refractivity (Wildman–Crippen MR) is 112 cm³/mol. The van der Waals surface area contributed by atoms with Crippen LogP contribution in [0.25, 0.3) is 42.6 Å². The van der Waals surface area contributed by atoms with Crippen molar-refractivity contribution in [2.24, 2.45) is 0 Å². The Balaban J connectivity index is 1.68. The topological polar surface area (TPSA) is 51.6 Å². The predicted octanol–water partition coefficient (Wildman–Crippen LogP) is 5.99. The molecule has 0 unspecified atom stereocenters. The molecular formula is C21H13FN4S2. The Kier molecular flexibility index (Phi) is 4.18. The Morgan fingerprint density at radius 2 is 1.93 bits per heavy atom. The van der Waals surface area contributed by atoms with Crippen LogP contribution in [0.5, 0.6) is 0 Å². The molecule has 5 rings (SSSR count). The van der Waals surface area contributed by atoms with Gasteiger partial charge in [0.2, 0.25) is 0 Å². The van der Waals surface area contributed by atoms with Gasteiger partial charge in [-0.3, -0.25) is 9.97 Å². The Hall–Kier alpha value is -3.03. The van der Waals surface area contributed by atoms with E-state index in [0.717, 1.165) is 42.7 Å². The number of nitrogens with zero attached hydrogens (tertiary/aromatic N) is 4. The SMILES string of the molecule is Cc1nc(-c2cncc(F)c2)sc1-c1cc2ccsc2c(-c2ccccn2)n1. The standard InChI is InChI=1S/C21H13FN4S2/c1-12-19(28-21(25-12)14-8-15(22)11-23-10-14)17-9-13-5-7-27-20(13)18(26-17)16-4-2-3-6-24-16/h2-11H,1H3. The summed E-state index contributed by atoms with van der Waals surface area (Å²) in [4.78, 5) is 18.9. The molecule has 0 aliphatic heterocycles. The Labute approximate surface area is 168 Å². The lowest BCUT2D eigenvalue weighted by atomic mass is 10.1. The third-order valence-electron chi connectivity index (χ3n) is 4.32. The first-order valence-corrected chi connectivity index (χ1v) is 10.3. The van der Waals surface area contributed by atoms with E-state index in [1.807, 2.05) is 25.1 Å². The van der Waals surface area contributed by atoms with Crippen molar-refractivity contribution in [3.05, 3.63) is 71.9 Å². The third-order valence-corrected chi connectivity index (χ3v) is 6.49. The highest BCUT2D eigenvalue weighted by atomic mass is 32.1. The fraction of sp³-hybridized carbons (Fsp3) is 0.0476.